The molecule has 0 spiro atoms. The van der Waals surface area contributed by atoms with Crippen molar-refractivity contribution < 1.29 is 19.1 Å². The van der Waals surface area contributed by atoms with E-state index in [2.05, 4.69) is 5.32 Å². The summed E-state index contributed by atoms with van der Waals surface area (Å²) in [7, 11) is 0. The van der Waals surface area contributed by atoms with Crippen molar-refractivity contribution in [3.05, 3.63) is 35.9 Å². The van der Waals surface area contributed by atoms with Crippen LogP contribution in [0.2, 0.25) is 0 Å². The van der Waals surface area contributed by atoms with Gasteiger partial charge in [-0.2, -0.15) is 0 Å². The molecule has 0 bridgehead atoms. The van der Waals surface area contributed by atoms with Gasteiger partial charge in [0, 0.05) is 38.2 Å². The van der Waals surface area contributed by atoms with Gasteiger partial charge in [-0.1, -0.05) is 25.1 Å². The number of carbonyl (C=O) groups is 3. The van der Waals surface area contributed by atoms with Gasteiger partial charge in [-0.3, -0.25) is 14.4 Å². The largest absolute Gasteiger partial charge is 0.378 e. The first-order valence-electron chi connectivity index (χ1n) is 10.1. The maximum Gasteiger partial charge on any atom is 0.251 e. The van der Waals surface area contributed by atoms with Crippen LogP contribution in [0.4, 0.5) is 0 Å². The SMILES string of the molecule is CCC(=O)N1CCC([C@H](NC(=O)c2ccccc2)C(=O)N2CCOCC2)CC1. The van der Waals surface area contributed by atoms with Crippen LogP contribution in [0.1, 0.15) is 36.5 Å². The Labute approximate surface area is 166 Å². The van der Waals surface area contributed by atoms with Crippen LogP contribution in [-0.2, 0) is 14.3 Å². The van der Waals surface area contributed by atoms with Crippen LogP contribution in [-0.4, -0.2) is 73.0 Å². The van der Waals surface area contributed by atoms with Crippen LogP contribution in [0.25, 0.3) is 0 Å². The molecule has 0 unspecified atom stereocenters. The lowest BCUT2D eigenvalue weighted by Gasteiger charge is -2.38. The molecule has 0 saturated carbocycles. The Hall–Kier alpha value is -2.41. The van der Waals surface area contributed by atoms with E-state index in [0.717, 1.165) is 0 Å². The number of piperidine rings is 1. The van der Waals surface area contributed by atoms with Crippen LogP contribution >= 0.6 is 0 Å². The maximum absolute atomic E-state index is 13.2. The van der Waals surface area contributed by atoms with E-state index in [4.69, 9.17) is 4.74 Å². The fraction of sp³-hybridized carbons (Fsp3) is 0.571. The molecule has 28 heavy (non-hydrogen) atoms. The number of hydrogen-bond acceptors (Lipinski definition) is 4. The smallest absolute Gasteiger partial charge is 0.251 e. The Bertz CT molecular complexity index is 680. The van der Waals surface area contributed by atoms with Gasteiger partial charge in [0.2, 0.25) is 11.8 Å². The van der Waals surface area contributed by atoms with Gasteiger partial charge in [-0.15, -0.1) is 0 Å². The first kappa shape index (κ1) is 20.3. The van der Waals surface area contributed by atoms with E-state index in [9.17, 15) is 14.4 Å². The third kappa shape index (κ3) is 4.90. The molecule has 2 fully saturated rings. The minimum atomic E-state index is -0.579. The third-order valence-corrected chi connectivity index (χ3v) is 5.58. The summed E-state index contributed by atoms with van der Waals surface area (Å²) in [5.41, 5.74) is 0.542. The second-order valence-electron chi connectivity index (χ2n) is 7.33. The molecular weight excluding hydrogens is 358 g/mol. The molecule has 3 amide bonds. The van der Waals surface area contributed by atoms with Gasteiger partial charge in [0.25, 0.3) is 5.91 Å². The number of rotatable bonds is 5. The van der Waals surface area contributed by atoms with Gasteiger partial charge in [0.15, 0.2) is 0 Å². The molecule has 1 N–H and O–H groups in total. The molecule has 2 aliphatic rings. The number of ether oxygens (including phenoxy) is 1. The highest BCUT2D eigenvalue weighted by molar-refractivity contribution is 5.97. The van der Waals surface area contributed by atoms with Gasteiger partial charge in [-0.25, -0.2) is 0 Å². The predicted molar refractivity (Wildman–Crippen MR) is 105 cm³/mol. The summed E-state index contributed by atoms with van der Waals surface area (Å²) in [5, 5.41) is 2.98. The minimum absolute atomic E-state index is 0.0175. The second kappa shape index (κ2) is 9.68. The Balaban J connectivity index is 1.72. The third-order valence-electron chi connectivity index (χ3n) is 5.58. The normalized spacial score (nSPS) is 19.2. The fourth-order valence-electron chi connectivity index (χ4n) is 3.88. The highest BCUT2D eigenvalue weighted by Crippen LogP contribution is 2.23. The van der Waals surface area contributed by atoms with E-state index < -0.39 is 6.04 Å². The number of carbonyl (C=O) groups excluding carboxylic acids is 3. The lowest BCUT2D eigenvalue weighted by atomic mass is 9.88. The zero-order valence-corrected chi connectivity index (χ0v) is 16.4. The van der Waals surface area contributed by atoms with Crippen LogP contribution in [0.3, 0.4) is 0 Å². The molecule has 2 aliphatic heterocycles. The van der Waals surface area contributed by atoms with Gasteiger partial charge in [0.05, 0.1) is 13.2 Å². The van der Waals surface area contributed by atoms with E-state index in [0.29, 0.717) is 64.2 Å². The van der Waals surface area contributed by atoms with Gasteiger partial charge in [0.1, 0.15) is 6.04 Å². The van der Waals surface area contributed by atoms with Crippen molar-refractivity contribution in [1.29, 1.82) is 0 Å². The van der Waals surface area contributed by atoms with Crippen molar-refractivity contribution >= 4 is 17.7 Å². The van der Waals surface area contributed by atoms with Crippen molar-refractivity contribution in [2.75, 3.05) is 39.4 Å². The summed E-state index contributed by atoms with van der Waals surface area (Å²) in [6, 6.07) is 8.38. The van der Waals surface area contributed by atoms with E-state index in [1.54, 1.807) is 17.0 Å². The van der Waals surface area contributed by atoms with E-state index in [-0.39, 0.29) is 23.6 Å². The maximum atomic E-state index is 13.2. The van der Waals surface area contributed by atoms with E-state index >= 15 is 0 Å². The first-order chi connectivity index (χ1) is 13.6. The molecule has 0 aromatic heterocycles. The van der Waals surface area contributed by atoms with Crippen molar-refractivity contribution in [3.63, 3.8) is 0 Å². The molecule has 1 aromatic carbocycles. The molecule has 152 valence electrons. The average molecular weight is 387 g/mol. The minimum Gasteiger partial charge on any atom is -0.378 e. The second-order valence-corrected chi connectivity index (χ2v) is 7.33. The van der Waals surface area contributed by atoms with Crippen LogP contribution in [0.15, 0.2) is 30.3 Å². The van der Waals surface area contributed by atoms with Crippen molar-refractivity contribution in [1.82, 2.24) is 15.1 Å². The number of benzene rings is 1. The van der Waals surface area contributed by atoms with Crippen molar-refractivity contribution in [2.24, 2.45) is 5.92 Å². The summed E-state index contributed by atoms with van der Waals surface area (Å²) in [4.78, 5) is 41.5. The number of likely N-dealkylation sites (tertiary alicyclic amines) is 1. The quantitative estimate of drug-likeness (QED) is 0.826. The van der Waals surface area contributed by atoms with E-state index in [1.165, 1.54) is 0 Å². The zero-order valence-electron chi connectivity index (χ0n) is 16.4. The number of hydrogen-bond donors (Lipinski definition) is 1. The van der Waals surface area contributed by atoms with Crippen LogP contribution < -0.4 is 5.32 Å². The molecule has 1 aromatic rings. The van der Waals surface area contributed by atoms with Gasteiger partial charge < -0.3 is 19.9 Å². The molecule has 0 aliphatic carbocycles. The lowest BCUT2D eigenvalue weighted by Crippen LogP contribution is -2.56. The number of amides is 3. The topological polar surface area (TPSA) is 79.0 Å². The summed E-state index contributed by atoms with van der Waals surface area (Å²) >= 11 is 0. The van der Waals surface area contributed by atoms with Crippen molar-refractivity contribution in [2.45, 2.75) is 32.2 Å². The molecular formula is C21H29N3O4. The van der Waals surface area contributed by atoms with Gasteiger partial charge in [-0.05, 0) is 30.9 Å². The highest BCUT2D eigenvalue weighted by Gasteiger charge is 2.36. The molecule has 7 heteroatoms. The lowest BCUT2D eigenvalue weighted by molar-refractivity contribution is -0.139. The first-order valence-corrected chi connectivity index (χ1v) is 10.1. The zero-order chi connectivity index (χ0) is 19.9. The summed E-state index contributed by atoms with van der Waals surface area (Å²) in [6.45, 7) is 5.26. The van der Waals surface area contributed by atoms with Crippen molar-refractivity contribution in [3.8, 4) is 0 Å². The Morgan fingerprint density at radius 3 is 2.29 bits per heavy atom. The summed E-state index contributed by atoms with van der Waals surface area (Å²) in [6.07, 6.45) is 1.91. The van der Waals surface area contributed by atoms with Gasteiger partial charge >= 0.3 is 0 Å². The molecule has 0 radical (unpaired) electrons. The molecule has 2 saturated heterocycles. The summed E-state index contributed by atoms with van der Waals surface area (Å²) < 4.78 is 5.35. The average Bonchev–Trinajstić information content (AvgIpc) is 2.77. The number of morpholine rings is 1. The predicted octanol–water partition coefficient (Wildman–Crippen LogP) is 1.29. The fourth-order valence-corrected chi connectivity index (χ4v) is 3.88. The van der Waals surface area contributed by atoms with Crippen LogP contribution in [0.5, 0.6) is 0 Å². The standard InChI is InChI=1S/C21H29N3O4/c1-2-18(25)23-10-8-16(9-11-23)19(21(27)24-12-14-28-15-13-24)22-20(26)17-6-4-3-5-7-17/h3-7,16,19H,2,8-15H2,1H3,(H,22,26)/t19-/m0/s1. The number of nitrogens with zero attached hydrogens (tertiary/aromatic N) is 2. The van der Waals surface area contributed by atoms with E-state index in [1.807, 2.05) is 30.0 Å². The Kier molecular flexibility index (Phi) is 7.03. The van der Waals surface area contributed by atoms with Crippen LogP contribution in [0, 0.1) is 5.92 Å². The Morgan fingerprint density at radius 1 is 1.04 bits per heavy atom. The summed E-state index contributed by atoms with van der Waals surface area (Å²) in [5.74, 6) is -0.126. The monoisotopic (exact) mass is 387 g/mol. The Morgan fingerprint density at radius 2 is 1.68 bits per heavy atom. The molecule has 7 nitrogen and oxygen atoms in total. The molecule has 1 atom stereocenters. The number of nitrogens with one attached hydrogen (secondary N) is 1. The molecule has 2 heterocycles. The highest BCUT2D eigenvalue weighted by atomic mass is 16.5. The molecule has 3 rings (SSSR count).